The SMILES string of the molecule is C=CCS(=O)(=O)NC(=O)O. The third-order valence-corrected chi connectivity index (χ3v) is 1.74. The van der Waals surface area contributed by atoms with Crippen LogP contribution in [0.4, 0.5) is 4.79 Å². The van der Waals surface area contributed by atoms with Crippen LogP contribution in [0, 0.1) is 0 Å². The van der Waals surface area contributed by atoms with Crippen LogP contribution in [0.5, 0.6) is 0 Å². The number of amides is 1. The van der Waals surface area contributed by atoms with E-state index in [0.29, 0.717) is 0 Å². The van der Waals surface area contributed by atoms with E-state index >= 15 is 0 Å². The lowest BCUT2D eigenvalue weighted by Gasteiger charge is -1.97. The summed E-state index contributed by atoms with van der Waals surface area (Å²) >= 11 is 0. The lowest BCUT2D eigenvalue weighted by atomic mass is 10.8. The van der Waals surface area contributed by atoms with Crippen molar-refractivity contribution in [2.45, 2.75) is 0 Å². The fraction of sp³-hybridized carbons (Fsp3) is 0.250. The second kappa shape index (κ2) is 3.21. The Morgan fingerprint density at radius 2 is 2.20 bits per heavy atom. The van der Waals surface area contributed by atoms with Gasteiger partial charge in [0, 0.05) is 0 Å². The van der Waals surface area contributed by atoms with E-state index in [-0.39, 0.29) is 5.75 Å². The van der Waals surface area contributed by atoms with E-state index in [2.05, 4.69) is 6.58 Å². The molecule has 0 spiro atoms. The zero-order valence-corrected chi connectivity index (χ0v) is 5.89. The van der Waals surface area contributed by atoms with Crippen molar-refractivity contribution in [1.82, 2.24) is 4.72 Å². The van der Waals surface area contributed by atoms with Gasteiger partial charge in [-0.25, -0.2) is 17.9 Å². The van der Waals surface area contributed by atoms with Crippen molar-refractivity contribution in [2.24, 2.45) is 0 Å². The Morgan fingerprint density at radius 3 is 2.50 bits per heavy atom. The molecule has 6 heteroatoms. The quantitative estimate of drug-likeness (QED) is 0.566. The van der Waals surface area contributed by atoms with Crippen molar-refractivity contribution in [3.63, 3.8) is 0 Å². The van der Waals surface area contributed by atoms with E-state index in [1.54, 1.807) is 0 Å². The Kier molecular flexibility index (Phi) is 2.88. The molecule has 1 amide bonds. The van der Waals surface area contributed by atoms with Crippen LogP contribution in [0.15, 0.2) is 12.7 Å². The first-order valence-electron chi connectivity index (χ1n) is 2.32. The summed E-state index contributed by atoms with van der Waals surface area (Å²) in [6, 6.07) is 0. The van der Waals surface area contributed by atoms with Gasteiger partial charge in [-0.1, -0.05) is 6.08 Å². The molecule has 0 aromatic carbocycles. The molecule has 0 saturated carbocycles. The molecule has 0 unspecified atom stereocenters. The third kappa shape index (κ3) is 3.90. The summed E-state index contributed by atoms with van der Waals surface area (Å²) in [5.74, 6) is -0.390. The van der Waals surface area contributed by atoms with Crippen molar-refractivity contribution >= 4 is 16.1 Å². The van der Waals surface area contributed by atoms with E-state index in [0.717, 1.165) is 6.08 Å². The van der Waals surface area contributed by atoms with E-state index in [1.807, 2.05) is 0 Å². The lowest BCUT2D eigenvalue weighted by molar-refractivity contribution is 0.201. The van der Waals surface area contributed by atoms with Gasteiger partial charge in [-0.2, -0.15) is 0 Å². The Labute approximate surface area is 58.4 Å². The van der Waals surface area contributed by atoms with Crippen LogP contribution in [0.1, 0.15) is 0 Å². The van der Waals surface area contributed by atoms with Crippen LogP contribution in [0.25, 0.3) is 0 Å². The predicted octanol–water partition coefficient (Wildman–Crippen LogP) is -0.230. The van der Waals surface area contributed by atoms with Crippen LogP contribution in [0.3, 0.4) is 0 Å². The standard InChI is InChI=1S/C4H7NO4S/c1-2-3-10(8,9)5-4(6)7/h2,5H,1,3H2,(H,6,7). The molecule has 0 atom stereocenters. The predicted molar refractivity (Wildman–Crippen MR) is 35.1 cm³/mol. The molecule has 0 radical (unpaired) electrons. The van der Waals surface area contributed by atoms with E-state index in [1.165, 1.54) is 4.72 Å². The Morgan fingerprint density at radius 1 is 1.70 bits per heavy atom. The first kappa shape index (κ1) is 8.96. The molecule has 0 aromatic heterocycles. The number of sulfonamides is 1. The summed E-state index contributed by atoms with van der Waals surface area (Å²) in [4.78, 5) is 9.77. The fourth-order valence-corrected chi connectivity index (χ4v) is 0.990. The Hall–Kier alpha value is -1.04. The molecule has 0 aromatic rings. The molecule has 5 nitrogen and oxygen atoms in total. The van der Waals surface area contributed by atoms with Gasteiger partial charge in [0.25, 0.3) is 0 Å². The summed E-state index contributed by atoms with van der Waals surface area (Å²) in [7, 11) is -3.70. The Balaban J connectivity index is 4.14. The number of rotatable bonds is 3. The summed E-state index contributed by atoms with van der Waals surface area (Å²) in [6.45, 7) is 3.14. The molecule has 0 saturated heterocycles. The molecule has 2 N–H and O–H groups in total. The highest BCUT2D eigenvalue weighted by Crippen LogP contribution is 1.82. The van der Waals surface area contributed by atoms with Gasteiger partial charge >= 0.3 is 6.09 Å². The van der Waals surface area contributed by atoms with Gasteiger partial charge < -0.3 is 5.11 Å². The molecular formula is C4H7NO4S. The maximum atomic E-state index is 10.5. The van der Waals surface area contributed by atoms with Crippen LogP contribution in [-0.2, 0) is 10.0 Å². The van der Waals surface area contributed by atoms with Gasteiger partial charge in [-0.15, -0.1) is 6.58 Å². The summed E-state index contributed by atoms with van der Waals surface area (Å²) in [5, 5.41) is 7.95. The topological polar surface area (TPSA) is 83.5 Å². The van der Waals surface area contributed by atoms with Crippen LogP contribution in [-0.4, -0.2) is 25.4 Å². The molecule has 0 fully saturated rings. The van der Waals surface area contributed by atoms with Crippen molar-refractivity contribution in [3.05, 3.63) is 12.7 Å². The van der Waals surface area contributed by atoms with E-state index in [9.17, 15) is 13.2 Å². The molecule has 0 aliphatic carbocycles. The van der Waals surface area contributed by atoms with Gasteiger partial charge in [0.2, 0.25) is 10.0 Å². The van der Waals surface area contributed by atoms with Crippen LogP contribution >= 0.6 is 0 Å². The number of carboxylic acid groups (broad SMARTS) is 1. The number of carbonyl (C=O) groups is 1. The normalized spacial score (nSPS) is 10.4. The van der Waals surface area contributed by atoms with E-state index < -0.39 is 16.1 Å². The van der Waals surface area contributed by atoms with E-state index in [4.69, 9.17) is 5.11 Å². The molecule has 0 aliphatic rings. The summed E-state index contributed by atoms with van der Waals surface area (Å²) in [5.41, 5.74) is 0. The van der Waals surface area contributed by atoms with Gasteiger partial charge in [0.05, 0.1) is 5.75 Å². The molecule has 0 aliphatic heterocycles. The molecule has 0 heterocycles. The molecule has 0 rings (SSSR count). The maximum Gasteiger partial charge on any atom is 0.418 e. The van der Waals surface area contributed by atoms with Crippen molar-refractivity contribution in [3.8, 4) is 0 Å². The summed E-state index contributed by atoms with van der Waals surface area (Å²) < 4.78 is 22.3. The largest absolute Gasteiger partial charge is 0.464 e. The Bertz CT molecular complexity index is 230. The number of hydrogen-bond donors (Lipinski definition) is 2. The summed E-state index contributed by atoms with van der Waals surface area (Å²) in [6.07, 6.45) is -0.479. The fourth-order valence-electron chi connectivity index (χ4n) is 0.330. The first-order chi connectivity index (χ1) is 4.48. The highest BCUT2D eigenvalue weighted by atomic mass is 32.2. The minimum absolute atomic E-state index is 0.390. The highest BCUT2D eigenvalue weighted by Gasteiger charge is 2.09. The minimum atomic E-state index is -3.70. The first-order valence-corrected chi connectivity index (χ1v) is 3.97. The highest BCUT2D eigenvalue weighted by molar-refractivity contribution is 7.90. The smallest absolute Gasteiger partial charge is 0.418 e. The van der Waals surface area contributed by atoms with Crippen molar-refractivity contribution in [1.29, 1.82) is 0 Å². The van der Waals surface area contributed by atoms with Gasteiger partial charge in [-0.05, 0) is 0 Å². The zero-order valence-electron chi connectivity index (χ0n) is 5.07. The van der Waals surface area contributed by atoms with Gasteiger partial charge in [-0.3, -0.25) is 0 Å². The average molecular weight is 165 g/mol. The number of nitrogens with one attached hydrogen (secondary N) is 1. The number of hydrogen-bond acceptors (Lipinski definition) is 3. The molecule has 58 valence electrons. The lowest BCUT2D eigenvalue weighted by Crippen LogP contribution is -2.30. The second-order valence-corrected chi connectivity index (χ2v) is 3.24. The average Bonchev–Trinajstić information content (AvgIpc) is 1.59. The van der Waals surface area contributed by atoms with Gasteiger partial charge in [0.1, 0.15) is 0 Å². The molecular weight excluding hydrogens is 158 g/mol. The van der Waals surface area contributed by atoms with Gasteiger partial charge in [0.15, 0.2) is 0 Å². The second-order valence-electron chi connectivity index (χ2n) is 1.48. The maximum absolute atomic E-state index is 10.5. The third-order valence-electron chi connectivity index (χ3n) is 0.580. The van der Waals surface area contributed by atoms with Crippen molar-refractivity contribution in [2.75, 3.05) is 5.75 Å². The van der Waals surface area contributed by atoms with Crippen molar-refractivity contribution < 1.29 is 18.3 Å². The zero-order chi connectivity index (χ0) is 8.20. The molecule has 0 bridgehead atoms. The molecule has 10 heavy (non-hydrogen) atoms. The monoisotopic (exact) mass is 165 g/mol. The van der Waals surface area contributed by atoms with Crippen LogP contribution < -0.4 is 4.72 Å². The minimum Gasteiger partial charge on any atom is -0.464 e. The van der Waals surface area contributed by atoms with Crippen LogP contribution in [0.2, 0.25) is 0 Å².